The van der Waals surface area contributed by atoms with Gasteiger partial charge in [0.05, 0.1) is 16.4 Å². The van der Waals surface area contributed by atoms with Gasteiger partial charge in [0.25, 0.3) is 0 Å². The minimum Gasteiger partial charge on any atom is -0.310 e. The fraction of sp³-hybridized carbons (Fsp3) is 0.0377. The molecule has 0 saturated heterocycles. The quantitative estimate of drug-likeness (QED) is 0.177. The Balaban J connectivity index is 1.27. The molecule has 0 aliphatic heterocycles. The second-order valence-electron chi connectivity index (χ2n) is 14.5. The van der Waals surface area contributed by atoms with E-state index < -0.39 is 5.41 Å². The van der Waals surface area contributed by atoms with Crippen LogP contribution in [0.5, 0.6) is 0 Å². The number of hydrogen-bond donors (Lipinski definition) is 0. The molecule has 0 saturated carbocycles. The van der Waals surface area contributed by atoms with E-state index >= 15 is 0 Å². The van der Waals surface area contributed by atoms with Gasteiger partial charge in [-0.2, -0.15) is 0 Å². The zero-order valence-electron chi connectivity index (χ0n) is 31.0. The second-order valence-corrected chi connectivity index (χ2v) is 14.5. The van der Waals surface area contributed by atoms with Crippen LogP contribution in [-0.2, 0) is 5.41 Å². The van der Waals surface area contributed by atoms with E-state index in [2.05, 4.69) is 228 Å². The van der Waals surface area contributed by atoms with Crippen molar-refractivity contribution in [3.8, 4) is 16.8 Å². The number of hydrogen-bond acceptors (Lipinski definition) is 2. The molecule has 1 heterocycles. The monoisotopic (exact) mass is 717 g/mol. The van der Waals surface area contributed by atoms with E-state index in [0.717, 1.165) is 56.3 Å². The van der Waals surface area contributed by atoms with Crippen molar-refractivity contribution in [1.82, 2.24) is 9.55 Å². The zero-order valence-corrected chi connectivity index (χ0v) is 31.0. The van der Waals surface area contributed by atoms with E-state index in [9.17, 15) is 0 Å². The summed E-state index contributed by atoms with van der Waals surface area (Å²) in [6, 6.07) is 65.2. The average molecular weight is 718 g/mol. The number of rotatable bonds is 5. The number of fused-ring (bicyclic) bond motifs is 8. The Labute approximate surface area is 328 Å². The molecule has 1 spiro atoms. The van der Waals surface area contributed by atoms with Crippen LogP contribution in [0.4, 0.5) is 17.1 Å². The van der Waals surface area contributed by atoms with Crippen LogP contribution in [0.2, 0.25) is 0 Å². The van der Waals surface area contributed by atoms with Gasteiger partial charge in [0.15, 0.2) is 0 Å². The molecule has 56 heavy (non-hydrogen) atoms. The van der Waals surface area contributed by atoms with E-state index in [0.29, 0.717) is 6.42 Å². The lowest BCUT2D eigenvalue weighted by molar-refractivity contribution is 0.644. The summed E-state index contributed by atoms with van der Waals surface area (Å²) in [5.41, 5.74) is 15.3. The van der Waals surface area contributed by atoms with Gasteiger partial charge in [-0.15, -0.1) is 0 Å². The van der Waals surface area contributed by atoms with Crippen molar-refractivity contribution in [3.63, 3.8) is 0 Å². The van der Waals surface area contributed by atoms with Crippen LogP contribution in [0.25, 0.3) is 39.5 Å². The highest BCUT2D eigenvalue weighted by atomic mass is 15.1. The van der Waals surface area contributed by atoms with Crippen molar-refractivity contribution in [2.45, 2.75) is 11.8 Å². The highest BCUT2D eigenvalue weighted by Crippen LogP contribution is 2.56. The Bertz CT molecular complexity index is 2760. The molecule has 0 radical (unpaired) electrons. The molecule has 10 rings (SSSR count). The maximum Gasteiger partial charge on any atom is 0.145 e. The van der Waals surface area contributed by atoms with Crippen molar-refractivity contribution in [2.24, 2.45) is 0 Å². The fourth-order valence-corrected chi connectivity index (χ4v) is 8.75. The van der Waals surface area contributed by atoms with Gasteiger partial charge in [0.1, 0.15) is 5.82 Å². The Morgan fingerprint density at radius 1 is 0.518 bits per heavy atom. The Morgan fingerprint density at radius 3 is 1.77 bits per heavy atom. The van der Waals surface area contributed by atoms with Crippen LogP contribution in [0.1, 0.15) is 34.5 Å². The van der Waals surface area contributed by atoms with Gasteiger partial charge in [-0.1, -0.05) is 158 Å². The number of nitrogens with zero attached hydrogens (tertiary/aromatic N) is 3. The predicted octanol–water partition coefficient (Wildman–Crippen LogP) is 13.4. The molecule has 7 aromatic carbocycles. The predicted molar refractivity (Wildman–Crippen MR) is 234 cm³/mol. The fourth-order valence-electron chi connectivity index (χ4n) is 8.75. The lowest BCUT2D eigenvalue weighted by Crippen LogP contribution is -2.28. The zero-order chi connectivity index (χ0) is 37.5. The third kappa shape index (κ3) is 5.56. The molecule has 0 amide bonds. The summed E-state index contributed by atoms with van der Waals surface area (Å²) in [6.45, 7) is 4.49. The maximum absolute atomic E-state index is 5.33. The van der Waals surface area contributed by atoms with Crippen molar-refractivity contribution in [2.75, 3.05) is 4.90 Å². The molecule has 2 aliphatic carbocycles. The summed E-state index contributed by atoms with van der Waals surface area (Å²) in [5, 5.41) is 0. The molecule has 8 aromatic rings. The van der Waals surface area contributed by atoms with Crippen LogP contribution in [0, 0.1) is 0 Å². The molecule has 0 fully saturated rings. The van der Waals surface area contributed by atoms with Gasteiger partial charge in [0, 0.05) is 28.3 Å². The van der Waals surface area contributed by atoms with E-state index in [4.69, 9.17) is 4.98 Å². The number of imidazole rings is 1. The van der Waals surface area contributed by atoms with Crippen molar-refractivity contribution < 1.29 is 0 Å². The number of allylic oxidation sites excluding steroid dienone is 6. The molecular formula is C53H39N3. The third-order valence-electron chi connectivity index (χ3n) is 11.3. The molecule has 3 heteroatoms. The summed E-state index contributed by atoms with van der Waals surface area (Å²) in [6.07, 6.45) is 11.8. The standard InChI is InChI=1S/C53H39N3/c1-38-29-31-39-33-34-44(55(41-17-5-2-6-18-41)42-19-7-3-8-20-42)37-49(39)53(47-25-13-11-23-45(47)46-24-12-14-26-48(46)53)36-35-40(32-30-38)52-54-50-27-15-16-28-51(50)56(52)43-21-9-4-10-22-43/h2-35,37H,1,36H2/b31-29-,32-30-,40-35+. The number of benzene rings is 7. The summed E-state index contributed by atoms with van der Waals surface area (Å²) >= 11 is 0. The van der Waals surface area contributed by atoms with Crippen LogP contribution in [0.3, 0.4) is 0 Å². The molecule has 0 unspecified atom stereocenters. The molecule has 266 valence electrons. The largest absolute Gasteiger partial charge is 0.310 e. The minimum absolute atomic E-state index is 0.531. The lowest BCUT2D eigenvalue weighted by atomic mass is 9.68. The van der Waals surface area contributed by atoms with E-state index in [1.165, 1.54) is 27.8 Å². The molecular weight excluding hydrogens is 679 g/mol. The Hall–Kier alpha value is -7.23. The first kappa shape index (κ1) is 33.3. The number of aromatic nitrogens is 2. The van der Waals surface area contributed by atoms with Crippen LogP contribution in [-0.4, -0.2) is 9.55 Å². The summed E-state index contributed by atoms with van der Waals surface area (Å²) in [4.78, 5) is 7.69. The van der Waals surface area contributed by atoms with Crippen LogP contribution >= 0.6 is 0 Å². The van der Waals surface area contributed by atoms with Gasteiger partial charge in [-0.05, 0) is 106 Å². The second kappa shape index (κ2) is 13.9. The topological polar surface area (TPSA) is 21.1 Å². The van der Waals surface area contributed by atoms with E-state index in [1.807, 2.05) is 0 Å². The highest BCUT2D eigenvalue weighted by Gasteiger charge is 2.45. The molecule has 3 nitrogen and oxygen atoms in total. The summed E-state index contributed by atoms with van der Waals surface area (Å²) in [5.74, 6) is 0.896. The van der Waals surface area contributed by atoms with E-state index in [1.54, 1.807) is 0 Å². The minimum atomic E-state index is -0.531. The van der Waals surface area contributed by atoms with Gasteiger partial charge < -0.3 is 4.90 Å². The highest BCUT2D eigenvalue weighted by molar-refractivity contribution is 5.88. The molecule has 0 atom stereocenters. The third-order valence-corrected chi connectivity index (χ3v) is 11.3. The molecule has 1 aromatic heterocycles. The lowest BCUT2D eigenvalue weighted by Gasteiger charge is -2.35. The van der Waals surface area contributed by atoms with Gasteiger partial charge in [-0.25, -0.2) is 4.98 Å². The summed E-state index contributed by atoms with van der Waals surface area (Å²) < 4.78 is 2.29. The first-order valence-electron chi connectivity index (χ1n) is 19.2. The first-order chi connectivity index (χ1) is 27.7. The van der Waals surface area contributed by atoms with Crippen molar-refractivity contribution in [3.05, 3.63) is 247 Å². The number of para-hydroxylation sites is 5. The van der Waals surface area contributed by atoms with Crippen LogP contribution < -0.4 is 4.90 Å². The SMILES string of the molecule is C=C1/C=C\C(c2nc3ccccc3n2-c2ccccc2)=C/CC2(c3cc(N(c4ccccc4)c4ccccc4)ccc3/C=C\1)c1ccccc1-c1ccccc12. The van der Waals surface area contributed by atoms with Gasteiger partial charge in [-0.3, -0.25) is 4.57 Å². The smallest absolute Gasteiger partial charge is 0.145 e. The first-order valence-corrected chi connectivity index (χ1v) is 19.2. The molecule has 0 bridgehead atoms. The molecule has 2 aliphatic rings. The number of anilines is 3. The van der Waals surface area contributed by atoms with Crippen molar-refractivity contribution >= 4 is 39.7 Å². The van der Waals surface area contributed by atoms with E-state index in [-0.39, 0.29) is 0 Å². The maximum atomic E-state index is 5.33. The average Bonchev–Trinajstić information content (AvgIpc) is 3.78. The van der Waals surface area contributed by atoms with Gasteiger partial charge in [0.2, 0.25) is 0 Å². The normalized spacial score (nSPS) is 16.2. The Kier molecular flexibility index (Phi) is 8.26. The van der Waals surface area contributed by atoms with Crippen molar-refractivity contribution in [1.29, 1.82) is 0 Å². The molecule has 0 N–H and O–H groups in total. The summed E-state index contributed by atoms with van der Waals surface area (Å²) in [7, 11) is 0. The van der Waals surface area contributed by atoms with Crippen LogP contribution in [0.15, 0.2) is 218 Å². The van der Waals surface area contributed by atoms with Gasteiger partial charge >= 0.3 is 0 Å². The Morgan fingerprint density at radius 2 is 1.09 bits per heavy atom.